The summed E-state index contributed by atoms with van der Waals surface area (Å²) in [6.45, 7) is 47.7. The van der Waals surface area contributed by atoms with Crippen molar-refractivity contribution < 1.29 is 39.3 Å². The SMILES string of the molecule is C.CC(=O)c1c(I)[nH]c(Cc2[nH]c(I)c(C)c2C(C)=O)c1C.CCCC1=C(C)C2=NC1=CC1=NC(=CC3=NC(=Cc4[nH]c(c(=C(C)O)c4C)=C2)C(C(C)=O)=C3C)C(C)=C1CCC.CCCC1=C(C)c2cc3[nH]c(cc4[nH]c(cc5nc(cc1n2)C(CCC)=C5C)c(C(C)O)c4C)c(C(C)O)c3C.CCCC1=C(Cc2[nH]c(C=O)c(C)c2CCC)CC(C=O)=C1C.II. The molecule has 0 amide bonds. The number of hydrogen-bond donors (Lipinski definition) is 9. The monoisotopic (exact) mass is 2170 g/mol. The minimum atomic E-state index is -0.653. The molecule has 23 heteroatoms. The fourth-order valence-electron chi connectivity index (χ4n) is 18.7. The van der Waals surface area contributed by atoms with Crippen LogP contribution in [0.2, 0.25) is 0 Å². The van der Waals surface area contributed by atoms with Gasteiger partial charge in [-0.05, 0) is 369 Å². The Hall–Kier alpha value is -8.62. The molecule has 7 aromatic rings. The number of aliphatic hydroxyl groups is 3. The number of allylic oxidation sites excluding steroid dienone is 16. The fraction of sp³-hybridized carbons (Fsp3) is 0.404. The Kier molecular flexibility index (Phi) is 35.6. The Morgan fingerprint density at radius 2 is 0.937 bits per heavy atom. The number of aliphatic hydroxyl groups excluding tert-OH is 3. The summed E-state index contributed by atoms with van der Waals surface area (Å²) in [5.41, 5.74) is 43.1. The summed E-state index contributed by atoms with van der Waals surface area (Å²) in [6.07, 6.45) is 22.8. The zero-order valence-electron chi connectivity index (χ0n) is 77.7. The van der Waals surface area contributed by atoms with E-state index in [0.29, 0.717) is 23.4 Å². The molecule has 1 aliphatic carbocycles. The molecule has 7 aromatic heterocycles. The summed E-state index contributed by atoms with van der Waals surface area (Å²) in [4.78, 5) is 105. The minimum absolute atomic E-state index is 0. The van der Waals surface area contributed by atoms with Crippen molar-refractivity contribution >= 4 is 192 Å². The second-order valence-electron chi connectivity index (χ2n) is 34.0. The van der Waals surface area contributed by atoms with Crippen LogP contribution in [0.1, 0.15) is 348 Å². The third-order valence-corrected chi connectivity index (χ3v) is 27.1. The highest BCUT2D eigenvalue weighted by Gasteiger charge is 2.31. The third kappa shape index (κ3) is 21.5. The summed E-state index contributed by atoms with van der Waals surface area (Å²) in [7, 11) is 0. The topological polar surface area (TPSA) is 304 Å². The molecule has 16 bridgehead atoms. The van der Waals surface area contributed by atoms with Crippen molar-refractivity contribution in [2.75, 3.05) is 0 Å². The van der Waals surface area contributed by atoms with Gasteiger partial charge in [0.2, 0.25) is 0 Å². The second kappa shape index (κ2) is 44.3. The van der Waals surface area contributed by atoms with Crippen LogP contribution in [0.25, 0.3) is 62.3 Å². The number of Topliss-reactive ketones (excluding diaryl/α,β-unsaturated/α-hetero) is 3. The smallest absolute Gasteiger partial charge is 0.166 e. The van der Waals surface area contributed by atoms with Gasteiger partial charge in [0.05, 0.1) is 99.0 Å². The number of ketones is 3. The number of carbonyl (C=O) groups excluding carboxylic acids is 5. The number of halogens is 4. The summed E-state index contributed by atoms with van der Waals surface area (Å²) in [6, 6.07) is 8.39. The Labute approximate surface area is 800 Å². The molecule has 2 unspecified atom stereocenters. The molecule has 7 aliphatic rings. The van der Waals surface area contributed by atoms with Crippen LogP contribution in [-0.4, -0.2) is 102 Å². The molecule has 9 N–H and O–H groups in total. The van der Waals surface area contributed by atoms with Crippen molar-refractivity contribution in [2.45, 2.75) is 282 Å². The normalized spacial score (nSPS) is 15.4. The second-order valence-corrected chi connectivity index (χ2v) is 36.1. The predicted octanol–water partition coefficient (Wildman–Crippen LogP) is 26.1. The maximum absolute atomic E-state index is 12.8. The Bertz CT molecular complexity index is 6370. The molecule has 674 valence electrons. The van der Waals surface area contributed by atoms with E-state index in [0.717, 1.165) is 300 Å². The average molecular weight is 2170 g/mol. The number of hydrogen-bond acceptors (Lipinski definition) is 13. The Balaban J connectivity index is 0.000000197. The predicted molar refractivity (Wildman–Crippen MR) is 561 cm³/mol. The summed E-state index contributed by atoms with van der Waals surface area (Å²) in [5, 5.41) is 33.8. The van der Waals surface area contributed by atoms with Crippen LogP contribution in [0, 0.1) is 48.9 Å². The lowest BCUT2D eigenvalue weighted by molar-refractivity contribution is -0.113. The Morgan fingerprint density at radius 3 is 1.46 bits per heavy atom. The van der Waals surface area contributed by atoms with Gasteiger partial charge in [-0.25, -0.2) is 24.9 Å². The van der Waals surface area contributed by atoms with Crippen molar-refractivity contribution in [1.82, 2.24) is 39.9 Å². The van der Waals surface area contributed by atoms with Gasteiger partial charge in [-0.2, -0.15) is 0 Å². The number of aryl methyl sites for hydroxylation is 2. The first-order chi connectivity index (χ1) is 59.9. The summed E-state index contributed by atoms with van der Waals surface area (Å²) in [5.74, 6) is 0.314. The van der Waals surface area contributed by atoms with Crippen molar-refractivity contribution in [1.29, 1.82) is 0 Å². The lowest BCUT2D eigenvalue weighted by Gasteiger charge is -2.10. The molecule has 0 radical (unpaired) electrons. The van der Waals surface area contributed by atoms with Crippen molar-refractivity contribution in [3.05, 3.63) is 240 Å². The number of nitrogens with one attached hydrogen (secondary N) is 6. The molecule has 0 saturated carbocycles. The van der Waals surface area contributed by atoms with Crippen molar-refractivity contribution in [3.8, 4) is 0 Å². The maximum atomic E-state index is 12.8. The molecular formula is C104H127I4N11O8. The maximum Gasteiger partial charge on any atom is 0.166 e. The lowest BCUT2D eigenvalue weighted by Crippen LogP contribution is -2.27. The Morgan fingerprint density at radius 1 is 0.441 bits per heavy atom. The molecular weight excluding hydrogens is 2040 g/mol. The van der Waals surface area contributed by atoms with Crippen molar-refractivity contribution in [2.24, 2.45) is 15.0 Å². The number of carbonyl (C=O) groups is 5. The van der Waals surface area contributed by atoms with Crippen molar-refractivity contribution in [3.63, 3.8) is 0 Å². The lowest BCUT2D eigenvalue weighted by atomic mass is 9.96. The van der Waals surface area contributed by atoms with Gasteiger partial charge in [0.15, 0.2) is 23.6 Å². The van der Waals surface area contributed by atoms with E-state index in [9.17, 15) is 39.3 Å². The van der Waals surface area contributed by atoms with Gasteiger partial charge >= 0.3 is 0 Å². The number of nitrogens with zero attached hydrogens (tertiary/aromatic N) is 5. The molecule has 6 aliphatic heterocycles. The molecule has 0 fully saturated rings. The molecule has 14 rings (SSSR count). The quantitative estimate of drug-likeness (QED) is 0.0166. The first kappa shape index (κ1) is 102. The van der Waals surface area contributed by atoms with Crippen LogP contribution >= 0.6 is 82.4 Å². The molecule has 0 aromatic carbocycles. The van der Waals surface area contributed by atoms with E-state index < -0.39 is 12.2 Å². The number of rotatable bonds is 23. The average Bonchev–Trinajstić information content (AvgIpc) is 1.62. The number of aliphatic imine (C=N–C) groups is 3. The van der Waals surface area contributed by atoms with Crippen LogP contribution in [0.3, 0.4) is 0 Å². The van der Waals surface area contributed by atoms with Gasteiger partial charge in [0.25, 0.3) is 0 Å². The van der Waals surface area contributed by atoms with Gasteiger partial charge in [-0.15, -0.1) is 0 Å². The zero-order valence-corrected chi connectivity index (χ0v) is 86.3. The molecule has 127 heavy (non-hydrogen) atoms. The van der Waals surface area contributed by atoms with E-state index in [2.05, 4.69) is 213 Å². The molecule has 0 spiro atoms. The van der Waals surface area contributed by atoms with Gasteiger partial charge < -0.3 is 45.2 Å². The number of H-pyrrole nitrogens is 6. The van der Waals surface area contributed by atoms with E-state index in [1.54, 1.807) is 41.5 Å². The number of aldehydes is 2. The van der Waals surface area contributed by atoms with Crippen LogP contribution in [-0.2, 0) is 28.9 Å². The van der Waals surface area contributed by atoms with E-state index in [-0.39, 0.29) is 30.5 Å². The van der Waals surface area contributed by atoms with Gasteiger partial charge in [0, 0.05) is 122 Å². The largest absolute Gasteiger partial charge is 0.512 e. The molecule has 0 saturated heterocycles. The van der Waals surface area contributed by atoms with Crippen LogP contribution in [0.5, 0.6) is 0 Å². The van der Waals surface area contributed by atoms with Gasteiger partial charge in [-0.1, -0.05) is 93.1 Å². The molecule has 19 nitrogen and oxygen atoms in total. The van der Waals surface area contributed by atoms with E-state index in [1.807, 2.05) is 72.8 Å². The summed E-state index contributed by atoms with van der Waals surface area (Å²) < 4.78 is 1.84. The van der Waals surface area contributed by atoms with Crippen LogP contribution in [0.4, 0.5) is 0 Å². The fourth-order valence-corrected chi connectivity index (χ4v) is 20.4. The van der Waals surface area contributed by atoms with Gasteiger partial charge in [-0.3, -0.25) is 24.0 Å². The van der Waals surface area contributed by atoms with Crippen LogP contribution < -0.4 is 10.6 Å². The zero-order chi connectivity index (χ0) is 92.6. The van der Waals surface area contributed by atoms with E-state index >= 15 is 0 Å². The third-order valence-electron chi connectivity index (χ3n) is 25.2. The first-order valence-corrected chi connectivity index (χ1v) is 52.4. The molecule has 2 atom stereocenters. The standard InChI is InChI=1S/C34H42N4O2.C34H38N4O2.C20H27NO2.C15H16I2N2O2.CH4.I2/c2*1-9-11-23-17(3)25-13-27-19(5)33(21(7)39)32(37-27)15-28-20(6)34(22(8)40)31(38-28)14-26-18(4)24(12-10-2)30(36-26)16-29(23)35-25;1-5-7-17-13(3)16(11-22)9-15(17)10-19-18(8-6-2)14(4)20(12-23)21-19;1-6-10(18-15(17)13(6)9(4)21)5-11-12(8(3)20)7(2)14(16)19-11;;1-2/h13-16,21-22,37-40H,9-12H2,1-8H3;13-16,38,40H,9-12H2,1-8H3;11-12,21H,5-10H2,1-4H3;18-19H,5H2,1-4H3;1H4;. The number of aromatic nitrogens is 8. The summed E-state index contributed by atoms with van der Waals surface area (Å²) >= 11 is 8.59. The highest BCUT2D eigenvalue weighted by atomic mass is 128. The van der Waals surface area contributed by atoms with E-state index in [1.165, 1.54) is 50.1 Å². The van der Waals surface area contributed by atoms with Crippen LogP contribution in [0.15, 0.2) is 124 Å². The van der Waals surface area contributed by atoms with E-state index in [4.69, 9.17) is 24.9 Å². The van der Waals surface area contributed by atoms with Gasteiger partial charge in [0.1, 0.15) is 6.29 Å². The number of aromatic amines is 6. The number of fused-ring (bicyclic) bond motifs is 13. The highest BCUT2D eigenvalue weighted by Crippen LogP contribution is 2.43. The first-order valence-electron chi connectivity index (χ1n) is 44.0. The molecule has 13 heterocycles. The highest BCUT2D eigenvalue weighted by molar-refractivity contribution is 15.0. The minimum Gasteiger partial charge on any atom is -0.512 e.